The van der Waals surface area contributed by atoms with E-state index in [0.29, 0.717) is 0 Å². The van der Waals surface area contributed by atoms with Crippen LogP contribution >= 0.6 is 0 Å². The molecule has 0 aromatic carbocycles. The number of hydrogen-bond donors (Lipinski definition) is 1. The smallest absolute Gasteiger partial charge is 0.149 e. The topological polar surface area (TPSA) is 38.9 Å². The Labute approximate surface area is 75.8 Å². The van der Waals surface area contributed by atoms with Crippen LogP contribution in [0.15, 0.2) is 12.4 Å². The van der Waals surface area contributed by atoms with Gasteiger partial charge in [-0.2, -0.15) is 0 Å². The van der Waals surface area contributed by atoms with Crippen molar-refractivity contribution in [2.45, 2.75) is 19.9 Å². The first-order valence-electron chi connectivity index (χ1n) is 4.08. The predicted octanol–water partition coefficient (Wildman–Crippen LogP) is 2.02. The molecule has 72 valence electrons. The third kappa shape index (κ3) is 2.01. The van der Waals surface area contributed by atoms with E-state index in [-0.39, 0.29) is 11.5 Å². The Balaban J connectivity index is 3.12. The first kappa shape index (κ1) is 10.1. The van der Waals surface area contributed by atoms with Crippen molar-refractivity contribution in [1.29, 1.82) is 0 Å². The molecule has 1 heterocycles. The Morgan fingerprint density at radius 3 is 2.08 bits per heavy atom. The summed E-state index contributed by atoms with van der Waals surface area (Å²) in [6.45, 7) is 3.62. The minimum Gasteiger partial charge on any atom is -0.324 e. The van der Waals surface area contributed by atoms with Crippen molar-refractivity contribution in [1.82, 2.24) is 4.98 Å². The summed E-state index contributed by atoms with van der Waals surface area (Å²) >= 11 is 0. The zero-order chi connectivity index (χ0) is 10.0. The lowest BCUT2D eigenvalue weighted by Crippen LogP contribution is -2.20. The van der Waals surface area contributed by atoms with Crippen LogP contribution in [-0.2, 0) is 0 Å². The van der Waals surface area contributed by atoms with Gasteiger partial charge in [0.1, 0.15) is 11.6 Å². The van der Waals surface area contributed by atoms with Gasteiger partial charge in [0.2, 0.25) is 0 Å². The van der Waals surface area contributed by atoms with Gasteiger partial charge in [-0.3, -0.25) is 4.98 Å². The van der Waals surface area contributed by atoms with E-state index in [9.17, 15) is 8.78 Å². The highest BCUT2D eigenvalue weighted by Crippen LogP contribution is 2.23. The monoisotopic (exact) mass is 186 g/mol. The molecule has 0 spiro atoms. The van der Waals surface area contributed by atoms with E-state index in [4.69, 9.17) is 5.73 Å². The Bertz CT molecular complexity index is 279. The van der Waals surface area contributed by atoms with Crippen molar-refractivity contribution in [3.05, 3.63) is 29.6 Å². The van der Waals surface area contributed by atoms with Gasteiger partial charge in [0.05, 0.1) is 12.4 Å². The molecular weight excluding hydrogens is 174 g/mol. The van der Waals surface area contributed by atoms with Crippen molar-refractivity contribution >= 4 is 0 Å². The SMILES string of the molecule is CC(C)C(N)c1c(F)cncc1F. The van der Waals surface area contributed by atoms with E-state index in [1.165, 1.54) is 0 Å². The number of halogens is 2. The van der Waals surface area contributed by atoms with Crippen LogP contribution in [-0.4, -0.2) is 4.98 Å². The fraction of sp³-hybridized carbons (Fsp3) is 0.444. The molecule has 0 aliphatic rings. The van der Waals surface area contributed by atoms with Crippen molar-refractivity contribution in [2.75, 3.05) is 0 Å². The molecule has 0 saturated carbocycles. The van der Waals surface area contributed by atoms with E-state index in [2.05, 4.69) is 4.98 Å². The lowest BCUT2D eigenvalue weighted by atomic mass is 9.97. The maximum Gasteiger partial charge on any atom is 0.149 e. The van der Waals surface area contributed by atoms with Crippen LogP contribution < -0.4 is 5.73 Å². The Hall–Kier alpha value is -1.03. The zero-order valence-corrected chi connectivity index (χ0v) is 7.59. The van der Waals surface area contributed by atoms with E-state index < -0.39 is 17.7 Å². The predicted molar refractivity (Wildman–Crippen MR) is 45.9 cm³/mol. The van der Waals surface area contributed by atoms with Gasteiger partial charge in [-0.1, -0.05) is 13.8 Å². The van der Waals surface area contributed by atoms with Gasteiger partial charge in [-0.05, 0) is 5.92 Å². The molecule has 1 rings (SSSR count). The lowest BCUT2D eigenvalue weighted by Gasteiger charge is -2.16. The van der Waals surface area contributed by atoms with Crippen LogP contribution in [0.3, 0.4) is 0 Å². The Morgan fingerprint density at radius 2 is 1.69 bits per heavy atom. The van der Waals surface area contributed by atoms with Crippen LogP contribution in [0.4, 0.5) is 8.78 Å². The van der Waals surface area contributed by atoms with Gasteiger partial charge < -0.3 is 5.73 Å². The molecule has 0 bridgehead atoms. The van der Waals surface area contributed by atoms with E-state index >= 15 is 0 Å². The molecule has 0 saturated heterocycles. The maximum atomic E-state index is 13.1. The highest BCUT2D eigenvalue weighted by Gasteiger charge is 2.19. The lowest BCUT2D eigenvalue weighted by molar-refractivity contribution is 0.451. The molecule has 0 aliphatic carbocycles. The normalized spacial score (nSPS) is 13.4. The molecule has 0 radical (unpaired) electrons. The van der Waals surface area contributed by atoms with Gasteiger partial charge in [0, 0.05) is 11.6 Å². The van der Waals surface area contributed by atoms with Crippen molar-refractivity contribution in [2.24, 2.45) is 11.7 Å². The minimum absolute atomic E-state index is 0.00796. The van der Waals surface area contributed by atoms with Crippen LogP contribution in [0.5, 0.6) is 0 Å². The first-order chi connectivity index (χ1) is 6.04. The van der Waals surface area contributed by atoms with Crippen LogP contribution in [0, 0.1) is 17.6 Å². The minimum atomic E-state index is -0.679. The second-order valence-electron chi connectivity index (χ2n) is 3.29. The van der Waals surface area contributed by atoms with Crippen molar-refractivity contribution < 1.29 is 8.78 Å². The summed E-state index contributed by atoms with van der Waals surface area (Å²) in [6, 6.07) is -0.622. The summed E-state index contributed by atoms with van der Waals surface area (Å²) in [5, 5.41) is 0. The molecule has 0 aliphatic heterocycles. The number of aromatic nitrogens is 1. The molecule has 2 nitrogen and oxygen atoms in total. The molecule has 0 amide bonds. The fourth-order valence-corrected chi connectivity index (χ4v) is 1.07. The molecule has 0 fully saturated rings. The second-order valence-corrected chi connectivity index (χ2v) is 3.29. The molecule has 4 heteroatoms. The highest BCUT2D eigenvalue weighted by molar-refractivity contribution is 5.19. The summed E-state index contributed by atoms with van der Waals surface area (Å²) in [5.74, 6) is -1.37. The van der Waals surface area contributed by atoms with Crippen molar-refractivity contribution in [3.63, 3.8) is 0 Å². The standard InChI is InChI=1S/C9H12F2N2/c1-5(2)9(12)8-6(10)3-13-4-7(8)11/h3-5,9H,12H2,1-2H3. The zero-order valence-electron chi connectivity index (χ0n) is 7.59. The molecule has 2 N–H and O–H groups in total. The number of nitrogens with two attached hydrogens (primary N) is 1. The molecule has 1 atom stereocenters. The van der Waals surface area contributed by atoms with Gasteiger partial charge in [-0.15, -0.1) is 0 Å². The Kier molecular flexibility index (Phi) is 2.93. The molecule has 1 aromatic heterocycles. The summed E-state index contributed by atoms with van der Waals surface area (Å²) in [4.78, 5) is 3.38. The van der Waals surface area contributed by atoms with Gasteiger partial charge in [0.15, 0.2) is 0 Å². The number of hydrogen-bond acceptors (Lipinski definition) is 2. The number of pyridine rings is 1. The molecule has 13 heavy (non-hydrogen) atoms. The van der Waals surface area contributed by atoms with E-state index in [0.717, 1.165) is 12.4 Å². The van der Waals surface area contributed by atoms with Crippen LogP contribution in [0.2, 0.25) is 0 Å². The van der Waals surface area contributed by atoms with E-state index in [1.807, 2.05) is 13.8 Å². The molecular formula is C9H12F2N2. The largest absolute Gasteiger partial charge is 0.324 e. The summed E-state index contributed by atoms with van der Waals surface area (Å²) in [5.41, 5.74) is 5.55. The average molecular weight is 186 g/mol. The van der Waals surface area contributed by atoms with Gasteiger partial charge >= 0.3 is 0 Å². The van der Waals surface area contributed by atoms with Gasteiger partial charge in [-0.25, -0.2) is 8.78 Å². The third-order valence-electron chi connectivity index (χ3n) is 1.94. The van der Waals surface area contributed by atoms with Crippen LogP contribution in [0.25, 0.3) is 0 Å². The summed E-state index contributed by atoms with van der Waals surface area (Å²) in [6.07, 6.45) is 1.95. The third-order valence-corrected chi connectivity index (χ3v) is 1.94. The average Bonchev–Trinajstić information content (AvgIpc) is 2.03. The fourth-order valence-electron chi connectivity index (χ4n) is 1.07. The Morgan fingerprint density at radius 1 is 1.23 bits per heavy atom. The second kappa shape index (κ2) is 3.79. The van der Waals surface area contributed by atoms with E-state index in [1.54, 1.807) is 0 Å². The number of nitrogens with zero attached hydrogens (tertiary/aromatic N) is 1. The highest BCUT2D eigenvalue weighted by atomic mass is 19.1. The summed E-state index contributed by atoms with van der Waals surface area (Å²) in [7, 11) is 0. The molecule has 1 aromatic rings. The van der Waals surface area contributed by atoms with Crippen molar-refractivity contribution in [3.8, 4) is 0 Å². The summed E-state index contributed by atoms with van der Waals surface area (Å²) < 4.78 is 26.2. The molecule has 1 unspecified atom stereocenters. The van der Waals surface area contributed by atoms with Crippen LogP contribution in [0.1, 0.15) is 25.5 Å². The quantitative estimate of drug-likeness (QED) is 0.767. The maximum absolute atomic E-state index is 13.1. The first-order valence-corrected chi connectivity index (χ1v) is 4.08. The van der Waals surface area contributed by atoms with Gasteiger partial charge in [0.25, 0.3) is 0 Å². The number of rotatable bonds is 2.